The Morgan fingerprint density at radius 2 is 1.89 bits per heavy atom. The van der Waals surface area contributed by atoms with Crippen LogP contribution in [0.1, 0.15) is 51.5 Å². The zero-order chi connectivity index (χ0) is 26.0. The Morgan fingerprint density at radius 1 is 1.17 bits per heavy atom. The van der Waals surface area contributed by atoms with Crippen LogP contribution in [-0.2, 0) is 11.3 Å². The standard InChI is InChI=1S/C24H32F2N4O5/c1-4-6-8-14-29(20-21(27)30(13-7-5-2)24(33)28-22(20)32)19(31)12-10-16-9-11-17(35-23(25)26)18(15-16)34-3/h9-12,15,23H,4-8,13-14,27H2,1-3H3,(H,28,32,33)/b12-10+. The number of nitrogens with zero attached hydrogens (tertiary/aromatic N) is 2. The van der Waals surface area contributed by atoms with Gasteiger partial charge in [0.25, 0.3) is 11.5 Å². The first kappa shape index (κ1) is 27.6. The Kier molecular flexibility index (Phi) is 10.5. The zero-order valence-corrected chi connectivity index (χ0v) is 20.2. The molecule has 1 heterocycles. The summed E-state index contributed by atoms with van der Waals surface area (Å²) in [7, 11) is 1.31. The smallest absolute Gasteiger partial charge is 0.387 e. The minimum atomic E-state index is -3.01. The average Bonchev–Trinajstić information content (AvgIpc) is 2.81. The Labute approximate surface area is 202 Å². The van der Waals surface area contributed by atoms with Crippen LogP contribution in [0.25, 0.3) is 6.08 Å². The van der Waals surface area contributed by atoms with Gasteiger partial charge in [0.2, 0.25) is 0 Å². The molecule has 0 aliphatic heterocycles. The molecule has 9 nitrogen and oxygen atoms in total. The van der Waals surface area contributed by atoms with Gasteiger partial charge in [0.05, 0.1) is 7.11 Å². The SMILES string of the molecule is CCCCCN(C(=O)/C=C/c1ccc(OC(F)F)c(OC)c1)c1c(N)n(CCCC)c(=O)[nH]c1=O. The number of methoxy groups -OCH3 is 1. The Hall–Kier alpha value is -3.63. The Bertz CT molecular complexity index is 1140. The van der Waals surface area contributed by atoms with Gasteiger partial charge in [-0.15, -0.1) is 0 Å². The molecule has 192 valence electrons. The first-order valence-corrected chi connectivity index (χ1v) is 11.5. The van der Waals surface area contributed by atoms with Crippen LogP contribution >= 0.6 is 0 Å². The van der Waals surface area contributed by atoms with Crippen molar-refractivity contribution in [2.75, 3.05) is 24.3 Å². The predicted molar refractivity (Wildman–Crippen MR) is 131 cm³/mol. The van der Waals surface area contributed by atoms with Gasteiger partial charge in [-0.3, -0.25) is 19.1 Å². The zero-order valence-electron chi connectivity index (χ0n) is 20.2. The van der Waals surface area contributed by atoms with Crippen molar-refractivity contribution in [3.63, 3.8) is 0 Å². The van der Waals surface area contributed by atoms with Crippen LogP contribution < -0.4 is 31.4 Å². The van der Waals surface area contributed by atoms with Crippen molar-refractivity contribution >= 4 is 23.5 Å². The van der Waals surface area contributed by atoms with E-state index in [1.165, 1.54) is 46.9 Å². The quantitative estimate of drug-likeness (QED) is 0.323. The van der Waals surface area contributed by atoms with E-state index in [2.05, 4.69) is 9.72 Å². The first-order valence-electron chi connectivity index (χ1n) is 11.5. The number of aromatic nitrogens is 2. The molecule has 0 saturated carbocycles. The summed E-state index contributed by atoms with van der Waals surface area (Å²) in [4.78, 5) is 41.7. The largest absolute Gasteiger partial charge is 0.493 e. The molecule has 0 spiro atoms. The number of benzene rings is 1. The van der Waals surface area contributed by atoms with Crippen molar-refractivity contribution in [3.8, 4) is 11.5 Å². The second-order valence-electron chi connectivity index (χ2n) is 7.82. The number of nitrogens with one attached hydrogen (secondary N) is 1. The Balaban J connectivity index is 2.42. The Morgan fingerprint density at radius 3 is 2.51 bits per heavy atom. The molecule has 11 heteroatoms. The van der Waals surface area contributed by atoms with Gasteiger partial charge in [0.1, 0.15) is 5.82 Å². The van der Waals surface area contributed by atoms with Gasteiger partial charge in [-0.05, 0) is 36.6 Å². The summed E-state index contributed by atoms with van der Waals surface area (Å²) >= 11 is 0. The molecule has 2 rings (SSSR count). The van der Waals surface area contributed by atoms with Crippen molar-refractivity contribution in [2.45, 2.75) is 59.1 Å². The third kappa shape index (κ3) is 7.43. The first-order chi connectivity index (χ1) is 16.7. The van der Waals surface area contributed by atoms with Crippen molar-refractivity contribution < 1.29 is 23.0 Å². The lowest BCUT2D eigenvalue weighted by Crippen LogP contribution is -2.41. The van der Waals surface area contributed by atoms with Crippen LogP contribution in [0.3, 0.4) is 0 Å². The number of hydrogen-bond donors (Lipinski definition) is 2. The van der Waals surface area contributed by atoms with E-state index in [4.69, 9.17) is 10.5 Å². The number of hydrogen-bond acceptors (Lipinski definition) is 6. The van der Waals surface area contributed by atoms with Crippen LogP contribution in [0.4, 0.5) is 20.3 Å². The highest BCUT2D eigenvalue weighted by Gasteiger charge is 2.22. The molecule has 0 atom stereocenters. The molecule has 0 aliphatic rings. The van der Waals surface area contributed by atoms with Gasteiger partial charge in [0, 0.05) is 19.2 Å². The van der Waals surface area contributed by atoms with Gasteiger partial charge in [-0.2, -0.15) is 8.78 Å². The summed E-state index contributed by atoms with van der Waals surface area (Å²) in [6, 6.07) is 4.23. The fourth-order valence-electron chi connectivity index (χ4n) is 3.47. The molecular weight excluding hydrogens is 462 g/mol. The number of ether oxygens (including phenoxy) is 2. The van der Waals surface area contributed by atoms with Crippen molar-refractivity contribution in [2.24, 2.45) is 0 Å². The molecule has 0 fully saturated rings. The van der Waals surface area contributed by atoms with E-state index in [9.17, 15) is 23.2 Å². The number of amides is 1. The summed E-state index contributed by atoms with van der Waals surface area (Å²) in [6.45, 7) is 1.49. The summed E-state index contributed by atoms with van der Waals surface area (Å²) in [5.74, 6) is -0.657. The van der Waals surface area contributed by atoms with E-state index >= 15 is 0 Å². The fourth-order valence-corrected chi connectivity index (χ4v) is 3.47. The lowest BCUT2D eigenvalue weighted by Gasteiger charge is -2.23. The summed E-state index contributed by atoms with van der Waals surface area (Å²) in [5, 5.41) is 0. The number of unbranched alkanes of at least 4 members (excludes halogenated alkanes) is 3. The maximum atomic E-state index is 13.2. The molecule has 3 N–H and O–H groups in total. The highest BCUT2D eigenvalue weighted by Crippen LogP contribution is 2.30. The number of aromatic amines is 1. The van der Waals surface area contributed by atoms with E-state index in [1.807, 2.05) is 13.8 Å². The lowest BCUT2D eigenvalue weighted by molar-refractivity contribution is -0.114. The maximum absolute atomic E-state index is 13.2. The molecule has 0 unspecified atom stereocenters. The molecule has 2 aromatic rings. The van der Waals surface area contributed by atoms with Gasteiger partial charge >= 0.3 is 12.3 Å². The number of nitrogens with two attached hydrogens (primary N) is 1. The van der Waals surface area contributed by atoms with Crippen LogP contribution in [-0.4, -0.2) is 35.7 Å². The van der Waals surface area contributed by atoms with E-state index in [1.54, 1.807) is 0 Å². The second kappa shape index (κ2) is 13.3. The van der Waals surface area contributed by atoms with Gasteiger partial charge in [0.15, 0.2) is 17.2 Å². The lowest BCUT2D eigenvalue weighted by atomic mass is 10.1. The van der Waals surface area contributed by atoms with Crippen LogP contribution in [0.2, 0.25) is 0 Å². The minimum absolute atomic E-state index is 0.0689. The topological polar surface area (TPSA) is 120 Å². The average molecular weight is 495 g/mol. The van der Waals surface area contributed by atoms with Crippen LogP contribution in [0.15, 0.2) is 33.9 Å². The van der Waals surface area contributed by atoms with Crippen molar-refractivity contribution in [1.82, 2.24) is 9.55 Å². The number of H-pyrrole nitrogens is 1. The predicted octanol–water partition coefficient (Wildman–Crippen LogP) is 3.77. The second-order valence-corrected chi connectivity index (χ2v) is 7.82. The number of anilines is 2. The van der Waals surface area contributed by atoms with Crippen LogP contribution in [0.5, 0.6) is 11.5 Å². The van der Waals surface area contributed by atoms with Gasteiger partial charge < -0.3 is 20.1 Å². The normalized spacial score (nSPS) is 11.3. The number of halogens is 2. The molecule has 1 aromatic carbocycles. The van der Waals surface area contributed by atoms with E-state index in [0.717, 1.165) is 19.3 Å². The third-order valence-electron chi connectivity index (χ3n) is 5.29. The molecule has 0 bridgehead atoms. The molecular formula is C24H32F2N4O5. The maximum Gasteiger partial charge on any atom is 0.387 e. The summed E-state index contributed by atoms with van der Waals surface area (Å²) in [5.41, 5.74) is 5.24. The molecule has 0 saturated heterocycles. The molecule has 35 heavy (non-hydrogen) atoms. The van der Waals surface area contributed by atoms with E-state index in [-0.39, 0.29) is 29.5 Å². The van der Waals surface area contributed by atoms with Crippen molar-refractivity contribution in [3.05, 3.63) is 50.7 Å². The van der Waals surface area contributed by atoms with Crippen molar-refractivity contribution in [1.29, 1.82) is 0 Å². The third-order valence-corrected chi connectivity index (χ3v) is 5.29. The number of carbonyl (C=O) groups is 1. The van der Waals surface area contributed by atoms with E-state index in [0.29, 0.717) is 24.9 Å². The highest BCUT2D eigenvalue weighted by atomic mass is 19.3. The number of carbonyl (C=O) groups excluding carboxylic acids is 1. The molecule has 0 radical (unpaired) electrons. The molecule has 0 aliphatic carbocycles. The molecule has 1 amide bonds. The number of nitrogen functional groups attached to an aromatic ring is 1. The van der Waals surface area contributed by atoms with E-state index < -0.39 is 23.8 Å². The summed E-state index contributed by atoms with van der Waals surface area (Å²) in [6.07, 6.45) is 6.53. The monoisotopic (exact) mass is 494 g/mol. The fraction of sp³-hybridized carbons (Fsp3) is 0.458. The number of alkyl halides is 2. The molecule has 1 aromatic heterocycles. The number of rotatable bonds is 13. The van der Waals surface area contributed by atoms with Gasteiger partial charge in [-0.25, -0.2) is 4.79 Å². The minimum Gasteiger partial charge on any atom is -0.493 e. The highest BCUT2D eigenvalue weighted by molar-refractivity contribution is 6.05. The van der Waals surface area contributed by atoms with Crippen LogP contribution in [0, 0.1) is 0 Å². The van der Waals surface area contributed by atoms with Gasteiger partial charge in [-0.1, -0.05) is 39.2 Å². The summed E-state index contributed by atoms with van der Waals surface area (Å²) < 4.78 is 35.9.